The molecule has 2 aromatic heterocycles. The van der Waals surface area contributed by atoms with Crippen LogP contribution < -0.4 is 0 Å². The van der Waals surface area contributed by atoms with Gasteiger partial charge < -0.3 is 0 Å². The summed E-state index contributed by atoms with van der Waals surface area (Å²) in [5, 5.41) is 10.2. The molecule has 4 rings (SSSR count). The van der Waals surface area contributed by atoms with Crippen molar-refractivity contribution in [1.82, 2.24) is 9.97 Å². The molecule has 0 aromatic carbocycles. The molecular formula is C15H13N3S. The van der Waals surface area contributed by atoms with E-state index in [1.54, 1.807) is 11.3 Å². The molecule has 2 aromatic rings. The zero-order valence-electron chi connectivity index (χ0n) is 10.5. The fourth-order valence-electron chi connectivity index (χ4n) is 2.35. The third-order valence-corrected chi connectivity index (χ3v) is 5.22. The van der Waals surface area contributed by atoms with E-state index in [-0.39, 0.29) is 5.41 Å². The average Bonchev–Trinajstić information content (AvgIpc) is 3.38. The standard InChI is InChI=1S/C15H13N3S/c16-9-15(4-5-15)13-8-18-14(19-13)11-3-6-17-12(7-11)10-1-2-10/h3,6-8,10H,1-2,4-5H2. The Balaban J connectivity index is 1.69. The largest absolute Gasteiger partial charge is 0.261 e. The number of pyridine rings is 1. The van der Waals surface area contributed by atoms with Crippen LogP contribution in [0.15, 0.2) is 24.5 Å². The predicted molar refractivity (Wildman–Crippen MR) is 73.8 cm³/mol. The first-order valence-electron chi connectivity index (χ1n) is 6.65. The van der Waals surface area contributed by atoms with E-state index in [0.717, 1.165) is 28.3 Å². The number of rotatable bonds is 3. The molecule has 0 unspecified atom stereocenters. The van der Waals surface area contributed by atoms with Gasteiger partial charge in [0, 0.05) is 34.4 Å². The molecule has 0 amide bonds. The highest BCUT2D eigenvalue weighted by Gasteiger charge is 2.46. The summed E-state index contributed by atoms with van der Waals surface area (Å²) >= 11 is 1.66. The van der Waals surface area contributed by atoms with Crippen LogP contribution in [0.2, 0.25) is 0 Å². The number of hydrogen-bond donors (Lipinski definition) is 0. The Kier molecular flexibility index (Phi) is 2.27. The maximum Gasteiger partial charge on any atom is 0.123 e. The Morgan fingerprint density at radius 3 is 2.84 bits per heavy atom. The first kappa shape index (κ1) is 11.1. The minimum Gasteiger partial charge on any atom is -0.261 e. The summed E-state index contributed by atoms with van der Waals surface area (Å²) in [6, 6.07) is 6.60. The third-order valence-electron chi connectivity index (χ3n) is 3.97. The molecule has 2 fully saturated rings. The summed E-state index contributed by atoms with van der Waals surface area (Å²) in [7, 11) is 0. The molecule has 0 radical (unpaired) electrons. The van der Waals surface area contributed by atoms with Crippen molar-refractivity contribution in [3.8, 4) is 16.6 Å². The number of thiazole rings is 1. The van der Waals surface area contributed by atoms with E-state index >= 15 is 0 Å². The molecule has 0 bridgehead atoms. The zero-order valence-corrected chi connectivity index (χ0v) is 11.3. The van der Waals surface area contributed by atoms with Gasteiger partial charge in [-0.05, 0) is 37.8 Å². The molecule has 2 saturated carbocycles. The maximum atomic E-state index is 9.23. The lowest BCUT2D eigenvalue weighted by atomic mass is 10.1. The van der Waals surface area contributed by atoms with Gasteiger partial charge in [-0.3, -0.25) is 4.98 Å². The van der Waals surface area contributed by atoms with Crippen LogP contribution in [0, 0.1) is 11.3 Å². The van der Waals surface area contributed by atoms with E-state index in [2.05, 4.69) is 22.1 Å². The van der Waals surface area contributed by atoms with E-state index in [1.807, 2.05) is 18.5 Å². The molecule has 0 saturated heterocycles. The molecule has 94 valence electrons. The lowest BCUT2D eigenvalue weighted by molar-refractivity contribution is 0.931. The van der Waals surface area contributed by atoms with Crippen molar-refractivity contribution in [1.29, 1.82) is 5.26 Å². The molecular weight excluding hydrogens is 254 g/mol. The molecule has 2 aliphatic carbocycles. The van der Waals surface area contributed by atoms with E-state index in [0.29, 0.717) is 5.92 Å². The second kappa shape index (κ2) is 3.88. The second-order valence-corrected chi connectivity index (χ2v) is 6.50. The van der Waals surface area contributed by atoms with Crippen molar-refractivity contribution in [2.75, 3.05) is 0 Å². The Morgan fingerprint density at radius 1 is 1.32 bits per heavy atom. The first-order chi connectivity index (χ1) is 9.31. The van der Waals surface area contributed by atoms with Crippen LogP contribution in [-0.4, -0.2) is 9.97 Å². The van der Waals surface area contributed by atoms with Crippen molar-refractivity contribution in [2.45, 2.75) is 37.0 Å². The van der Waals surface area contributed by atoms with Crippen LogP contribution >= 0.6 is 11.3 Å². The Bertz CT molecular complexity index is 675. The van der Waals surface area contributed by atoms with E-state index in [9.17, 15) is 5.26 Å². The van der Waals surface area contributed by atoms with Gasteiger partial charge in [0.05, 0.1) is 11.5 Å². The van der Waals surface area contributed by atoms with Gasteiger partial charge in [-0.25, -0.2) is 4.98 Å². The molecule has 2 aliphatic rings. The van der Waals surface area contributed by atoms with Gasteiger partial charge in [-0.2, -0.15) is 5.26 Å². The highest BCUT2D eigenvalue weighted by molar-refractivity contribution is 7.15. The lowest BCUT2D eigenvalue weighted by Crippen LogP contribution is -1.97. The number of nitriles is 1. The lowest BCUT2D eigenvalue weighted by Gasteiger charge is -2.01. The summed E-state index contributed by atoms with van der Waals surface area (Å²) in [5.74, 6) is 0.660. The fourth-order valence-corrected chi connectivity index (χ4v) is 3.46. The van der Waals surface area contributed by atoms with Gasteiger partial charge in [0.25, 0.3) is 0 Å². The average molecular weight is 267 g/mol. The van der Waals surface area contributed by atoms with Crippen molar-refractivity contribution in [3.05, 3.63) is 35.1 Å². The second-order valence-electron chi connectivity index (χ2n) is 5.47. The third kappa shape index (κ3) is 1.85. The highest BCUT2D eigenvalue weighted by Crippen LogP contribution is 2.50. The van der Waals surface area contributed by atoms with Crippen LogP contribution in [-0.2, 0) is 5.41 Å². The van der Waals surface area contributed by atoms with Crippen LogP contribution in [0.1, 0.15) is 42.2 Å². The number of hydrogen-bond acceptors (Lipinski definition) is 4. The Labute approximate surface area is 116 Å². The van der Waals surface area contributed by atoms with E-state index in [4.69, 9.17) is 0 Å². The number of nitrogens with zero attached hydrogens (tertiary/aromatic N) is 3. The predicted octanol–water partition coefficient (Wildman–Crippen LogP) is 3.64. The minimum atomic E-state index is -0.220. The molecule has 3 nitrogen and oxygen atoms in total. The van der Waals surface area contributed by atoms with Crippen LogP contribution in [0.3, 0.4) is 0 Å². The summed E-state index contributed by atoms with van der Waals surface area (Å²) in [5.41, 5.74) is 2.11. The van der Waals surface area contributed by atoms with Crippen molar-refractivity contribution < 1.29 is 0 Å². The van der Waals surface area contributed by atoms with Crippen molar-refractivity contribution >= 4 is 11.3 Å². The van der Waals surface area contributed by atoms with Gasteiger partial charge in [0.1, 0.15) is 5.01 Å². The van der Waals surface area contributed by atoms with Gasteiger partial charge in [0.2, 0.25) is 0 Å². The van der Waals surface area contributed by atoms with Crippen LogP contribution in [0.25, 0.3) is 10.6 Å². The summed E-state index contributed by atoms with van der Waals surface area (Å²) in [6.07, 6.45) is 8.24. The maximum absolute atomic E-state index is 9.23. The Hall–Kier alpha value is -1.73. The molecule has 4 heteroatoms. The fraction of sp³-hybridized carbons (Fsp3) is 0.400. The summed E-state index contributed by atoms with van der Waals surface area (Å²) in [6.45, 7) is 0. The monoisotopic (exact) mass is 267 g/mol. The number of aromatic nitrogens is 2. The topological polar surface area (TPSA) is 49.6 Å². The first-order valence-corrected chi connectivity index (χ1v) is 7.46. The van der Waals surface area contributed by atoms with Gasteiger partial charge >= 0.3 is 0 Å². The normalized spacial score (nSPS) is 19.9. The smallest absolute Gasteiger partial charge is 0.123 e. The highest BCUT2D eigenvalue weighted by atomic mass is 32.1. The van der Waals surface area contributed by atoms with Crippen molar-refractivity contribution in [3.63, 3.8) is 0 Å². The SMILES string of the molecule is N#CC1(c2cnc(-c3ccnc(C4CC4)c3)s2)CC1. The van der Waals surface area contributed by atoms with Crippen LogP contribution in [0.5, 0.6) is 0 Å². The molecule has 0 aliphatic heterocycles. The molecule has 19 heavy (non-hydrogen) atoms. The zero-order chi connectivity index (χ0) is 12.9. The quantitative estimate of drug-likeness (QED) is 0.853. The van der Waals surface area contributed by atoms with Gasteiger partial charge in [-0.1, -0.05) is 0 Å². The van der Waals surface area contributed by atoms with Crippen LogP contribution in [0.4, 0.5) is 0 Å². The van der Waals surface area contributed by atoms with E-state index in [1.165, 1.54) is 18.5 Å². The molecule has 0 atom stereocenters. The van der Waals surface area contributed by atoms with E-state index < -0.39 is 0 Å². The van der Waals surface area contributed by atoms with Crippen molar-refractivity contribution in [2.24, 2.45) is 0 Å². The summed E-state index contributed by atoms with van der Waals surface area (Å²) in [4.78, 5) is 10.1. The molecule has 0 N–H and O–H groups in total. The van der Waals surface area contributed by atoms with Gasteiger partial charge in [-0.15, -0.1) is 11.3 Å². The molecule has 2 heterocycles. The minimum absolute atomic E-state index is 0.220. The van der Waals surface area contributed by atoms with Gasteiger partial charge in [0.15, 0.2) is 0 Å². The Morgan fingerprint density at radius 2 is 2.16 bits per heavy atom. The summed E-state index contributed by atoms with van der Waals surface area (Å²) < 4.78 is 0. The molecule has 0 spiro atoms.